The van der Waals surface area contributed by atoms with Gasteiger partial charge in [0.2, 0.25) is 11.8 Å². The molecule has 0 spiro atoms. The molecule has 0 heterocycles. The van der Waals surface area contributed by atoms with E-state index in [4.69, 9.17) is 0 Å². The third-order valence-electron chi connectivity index (χ3n) is 2.77. The molecule has 0 aliphatic rings. The van der Waals surface area contributed by atoms with Crippen molar-refractivity contribution in [1.29, 1.82) is 0 Å². The molecular formula is C14H18N2O4. The molecule has 0 fully saturated rings. The van der Waals surface area contributed by atoms with Gasteiger partial charge in [-0.15, -0.1) is 0 Å². The summed E-state index contributed by atoms with van der Waals surface area (Å²) in [7, 11) is 0. The van der Waals surface area contributed by atoms with Gasteiger partial charge in [-0.25, -0.2) is 4.79 Å². The summed E-state index contributed by atoms with van der Waals surface area (Å²) in [4.78, 5) is 34.1. The van der Waals surface area contributed by atoms with Crippen LogP contribution in [-0.2, 0) is 9.59 Å². The number of nitrogens with one attached hydrogen (secondary N) is 2. The molecule has 1 unspecified atom stereocenters. The van der Waals surface area contributed by atoms with E-state index in [-0.39, 0.29) is 17.2 Å². The molecule has 0 aliphatic heterocycles. The zero-order chi connectivity index (χ0) is 15.4. The van der Waals surface area contributed by atoms with Crippen molar-refractivity contribution in [2.24, 2.45) is 0 Å². The van der Waals surface area contributed by atoms with Crippen LogP contribution in [0.15, 0.2) is 12.1 Å². The Bertz CT molecular complexity index is 567. The molecule has 1 atom stereocenters. The van der Waals surface area contributed by atoms with Crippen LogP contribution in [0, 0.1) is 13.8 Å². The average molecular weight is 278 g/mol. The van der Waals surface area contributed by atoms with Crippen molar-refractivity contribution < 1.29 is 19.5 Å². The molecule has 6 heteroatoms. The molecule has 1 aromatic carbocycles. The van der Waals surface area contributed by atoms with Gasteiger partial charge in [0, 0.05) is 6.92 Å². The van der Waals surface area contributed by atoms with E-state index in [1.54, 1.807) is 19.9 Å². The van der Waals surface area contributed by atoms with E-state index < -0.39 is 17.9 Å². The summed E-state index contributed by atoms with van der Waals surface area (Å²) in [6.07, 6.45) is 0. The van der Waals surface area contributed by atoms with Gasteiger partial charge >= 0.3 is 5.97 Å². The van der Waals surface area contributed by atoms with E-state index in [0.29, 0.717) is 5.56 Å². The molecule has 3 N–H and O–H groups in total. The number of carbonyl (C=O) groups excluding carboxylic acids is 2. The molecule has 20 heavy (non-hydrogen) atoms. The second kappa shape index (κ2) is 6.18. The van der Waals surface area contributed by atoms with Crippen LogP contribution >= 0.6 is 0 Å². The first-order valence-electron chi connectivity index (χ1n) is 6.15. The normalized spacial score (nSPS) is 11.6. The summed E-state index contributed by atoms with van der Waals surface area (Å²) in [5, 5.41) is 14.2. The van der Waals surface area contributed by atoms with E-state index >= 15 is 0 Å². The van der Waals surface area contributed by atoms with Gasteiger partial charge in [-0.2, -0.15) is 0 Å². The third-order valence-corrected chi connectivity index (χ3v) is 2.77. The number of hydrogen-bond acceptors (Lipinski definition) is 3. The number of carboxylic acid groups (broad SMARTS) is 1. The lowest BCUT2D eigenvalue weighted by molar-refractivity contribution is -0.124. The highest BCUT2D eigenvalue weighted by molar-refractivity contribution is 6.03. The molecule has 0 saturated heterocycles. The van der Waals surface area contributed by atoms with Crippen LogP contribution in [0.5, 0.6) is 0 Å². The molecule has 0 radical (unpaired) electrons. The highest BCUT2D eigenvalue weighted by Crippen LogP contribution is 2.23. The van der Waals surface area contributed by atoms with Crippen LogP contribution in [0.4, 0.5) is 5.69 Å². The molecule has 108 valence electrons. The zero-order valence-electron chi connectivity index (χ0n) is 11.9. The van der Waals surface area contributed by atoms with Gasteiger partial charge in [0.25, 0.3) is 0 Å². The summed E-state index contributed by atoms with van der Waals surface area (Å²) in [5.41, 5.74) is 1.75. The van der Waals surface area contributed by atoms with E-state index in [1.165, 1.54) is 19.9 Å². The van der Waals surface area contributed by atoms with E-state index in [2.05, 4.69) is 10.6 Å². The Labute approximate surface area is 117 Å². The predicted molar refractivity (Wildman–Crippen MR) is 74.8 cm³/mol. The Morgan fingerprint density at radius 2 is 1.80 bits per heavy atom. The smallest absolute Gasteiger partial charge is 0.337 e. The lowest BCUT2D eigenvalue weighted by Gasteiger charge is -2.16. The molecule has 0 aliphatic carbocycles. The highest BCUT2D eigenvalue weighted by Gasteiger charge is 2.19. The third kappa shape index (κ3) is 3.81. The fraction of sp³-hybridized carbons (Fsp3) is 0.357. The minimum Gasteiger partial charge on any atom is -0.478 e. The number of aryl methyl sites for hydroxylation is 2. The van der Waals surface area contributed by atoms with Crippen molar-refractivity contribution in [1.82, 2.24) is 5.32 Å². The van der Waals surface area contributed by atoms with Crippen LogP contribution < -0.4 is 10.6 Å². The first-order chi connectivity index (χ1) is 9.22. The topological polar surface area (TPSA) is 95.5 Å². The fourth-order valence-electron chi connectivity index (χ4n) is 1.90. The monoisotopic (exact) mass is 278 g/mol. The van der Waals surface area contributed by atoms with Crippen LogP contribution in [0.25, 0.3) is 0 Å². The van der Waals surface area contributed by atoms with E-state index in [1.807, 2.05) is 0 Å². The quantitative estimate of drug-likeness (QED) is 0.777. The molecule has 0 aromatic heterocycles. The van der Waals surface area contributed by atoms with Gasteiger partial charge in [0.05, 0.1) is 11.3 Å². The van der Waals surface area contributed by atoms with Gasteiger partial charge < -0.3 is 15.7 Å². The van der Waals surface area contributed by atoms with Crippen molar-refractivity contribution in [2.45, 2.75) is 33.7 Å². The largest absolute Gasteiger partial charge is 0.478 e. The molecule has 0 bridgehead atoms. The Morgan fingerprint density at radius 1 is 1.20 bits per heavy atom. The second-order valence-corrected chi connectivity index (χ2v) is 4.72. The lowest BCUT2D eigenvalue weighted by Crippen LogP contribution is -2.40. The van der Waals surface area contributed by atoms with E-state index in [9.17, 15) is 19.5 Å². The minimum absolute atomic E-state index is 0.0332. The summed E-state index contributed by atoms with van der Waals surface area (Å²) in [5.74, 6) is -1.90. The van der Waals surface area contributed by atoms with Crippen LogP contribution in [0.1, 0.15) is 35.3 Å². The molecule has 1 aromatic rings. The maximum absolute atomic E-state index is 11.9. The maximum Gasteiger partial charge on any atom is 0.337 e. The molecule has 1 rings (SSSR count). The summed E-state index contributed by atoms with van der Waals surface area (Å²) >= 11 is 0. The average Bonchev–Trinajstić information content (AvgIpc) is 2.30. The molecule has 6 nitrogen and oxygen atoms in total. The van der Waals surface area contributed by atoms with Gasteiger partial charge in [0.15, 0.2) is 0 Å². The van der Waals surface area contributed by atoms with Crippen molar-refractivity contribution in [3.63, 3.8) is 0 Å². The number of carboxylic acids is 1. The van der Waals surface area contributed by atoms with Crippen molar-refractivity contribution in [3.8, 4) is 0 Å². The van der Waals surface area contributed by atoms with Gasteiger partial charge in [-0.1, -0.05) is 6.07 Å². The van der Waals surface area contributed by atoms with Crippen molar-refractivity contribution >= 4 is 23.5 Å². The SMILES string of the molecule is CC(=O)NC(C)C(=O)Nc1c(C)cc(C)cc1C(=O)O. The van der Waals surface area contributed by atoms with Gasteiger partial charge in [0.1, 0.15) is 6.04 Å². The van der Waals surface area contributed by atoms with E-state index in [0.717, 1.165) is 5.56 Å². The molecule has 2 amide bonds. The van der Waals surface area contributed by atoms with Crippen molar-refractivity contribution in [3.05, 3.63) is 28.8 Å². The zero-order valence-corrected chi connectivity index (χ0v) is 11.9. The molecule has 0 saturated carbocycles. The second-order valence-electron chi connectivity index (χ2n) is 4.72. The Balaban J connectivity index is 3.05. The summed E-state index contributed by atoms with van der Waals surface area (Å²) < 4.78 is 0. The number of aromatic carboxylic acids is 1. The van der Waals surface area contributed by atoms with Gasteiger partial charge in [-0.05, 0) is 38.0 Å². The number of benzene rings is 1. The highest BCUT2D eigenvalue weighted by atomic mass is 16.4. The maximum atomic E-state index is 11.9. The van der Waals surface area contributed by atoms with Crippen molar-refractivity contribution in [2.75, 3.05) is 5.32 Å². The number of rotatable bonds is 4. The molecular weight excluding hydrogens is 260 g/mol. The Hall–Kier alpha value is -2.37. The fourth-order valence-corrected chi connectivity index (χ4v) is 1.90. The first-order valence-corrected chi connectivity index (χ1v) is 6.15. The van der Waals surface area contributed by atoms with Crippen LogP contribution in [0.2, 0.25) is 0 Å². The lowest BCUT2D eigenvalue weighted by atomic mass is 10.0. The van der Waals surface area contributed by atoms with Crippen LogP contribution in [0.3, 0.4) is 0 Å². The predicted octanol–water partition coefficient (Wildman–Crippen LogP) is 1.46. The van der Waals surface area contributed by atoms with Gasteiger partial charge in [-0.3, -0.25) is 9.59 Å². The summed E-state index contributed by atoms with van der Waals surface area (Å²) in [6.45, 7) is 6.34. The number of anilines is 1. The number of carbonyl (C=O) groups is 3. The standard InChI is InChI=1S/C14H18N2O4/c1-7-5-8(2)12(11(6-7)14(19)20)16-13(18)9(3)15-10(4)17/h5-6,9H,1-4H3,(H,15,17)(H,16,18)(H,19,20). The first kappa shape index (κ1) is 15.7. The summed E-state index contributed by atoms with van der Waals surface area (Å²) in [6, 6.07) is 2.54. The number of hydrogen-bond donors (Lipinski definition) is 3. The Kier molecular flexibility index (Phi) is 4.85. The van der Waals surface area contributed by atoms with Crippen LogP contribution in [-0.4, -0.2) is 28.9 Å². The Morgan fingerprint density at radius 3 is 2.30 bits per heavy atom. The number of amides is 2. The minimum atomic E-state index is -1.11.